The lowest BCUT2D eigenvalue weighted by atomic mass is 9.84. The van der Waals surface area contributed by atoms with Gasteiger partial charge in [0.25, 0.3) is 0 Å². The Labute approximate surface area is 193 Å². The van der Waals surface area contributed by atoms with Crippen LogP contribution in [-0.2, 0) is 11.2 Å². The number of rotatable bonds is 4. The zero-order chi connectivity index (χ0) is 22.6. The first-order valence-electron chi connectivity index (χ1n) is 11.9. The molecule has 1 amide bonds. The molecule has 0 unspecified atom stereocenters. The highest BCUT2D eigenvalue weighted by Crippen LogP contribution is 2.45. The molecule has 3 aromatic rings. The van der Waals surface area contributed by atoms with Gasteiger partial charge in [0.2, 0.25) is 5.91 Å². The van der Waals surface area contributed by atoms with E-state index in [9.17, 15) is 9.18 Å². The summed E-state index contributed by atoms with van der Waals surface area (Å²) < 4.78 is 13.6. The van der Waals surface area contributed by atoms with Gasteiger partial charge in [-0.1, -0.05) is 36.4 Å². The molecule has 3 aliphatic rings. The van der Waals surface area contributed by atoms with E-state index in [1.807, 2.05) is 4.90 Å². The predicted molar refractivity (Wildman–Crippen MR) is 128 cm³/mol. The minimum absolute atomic E-state index is 0.161. The van der Waals surface area contributed by atoms with Crippen LogP contribution in [0.25, 0.3) is 10.8 Å². The molecule has 3 aromatic carbocycles. The normalized spacial score (nSPS) is 22.1. The Bertz CT molecular complexity index is 1200. The van der Waals surface area contributed by atoms with E-state index in [2.05, 4.69) is 46.2 Å². The second kappa shape index (κ2) is 7.82. The summed E-state index contributed by atoms with van der Waals surface area (Å²) in [4.78, 5) is 20.2. The van der Waals surface area contributed by atoms with Crippen LogP contribution in [0.2, 0.25) is 0 Å². The van der Waals surface area contributed by atoms with E-state index < -0.39 is 5.54 Å². The molecule has 1 spiro atoms. The number of hydrogen-bond donors (Lipinski definition) is 1. The highest BCUT2D eigenvalue weighted by molar-refractivity contribution is 5.94. The first-order chi connectivity index (χ1) is 16.1. The Hall–Kier alpha value is -2.96. The van der Waals surface area contributed by atoms with Crippen molar-refractivity contribution in [2.75, 3.05) is 37.7 Å². The van der Waals surface area contributed by atoms with Crippen molar-refractivity contribution in [3.05, 3.63) is 77.6 Å². The van der Waals surface area contributed by atoms with Crippen molar-refractivity contribution in [3.63, 3.8) is 0 Å². The lowest BCUT2D eigenvalue weighted by molar-refractivity contribution is -0.133. The zero-order valence-corrected chi connectivity index (χ0v) is 18.7. The molecule has 33 heavy (non-hydrogen) atoms. The van der Waals surface area contributed by atoms with Crippen LogP contribution in [0.3, 0.4) is 0 Å². The summed E-state index contributed by atoms with van der Waals surface area (Å²) in [6, 6.07) is 20.1. The van der Waals surface area contributed by atoms with Gasteiger partial charge in [0.1, 0.15) is 11.4 Å². The van der Waals surface area contributed by atoms with Gasteiger partial charge in [0.05, 0.1) is 6.67 Å². The van der Waals surface area contributed by atoms with E-state index >= 15 is 0 Å². The number of halogens is 1. The van der Waals surface area contributed by atoms with Gasteiger partial charge in [-0.15, -0.1) is 0 Å². The number of piperidine rings is 1. The second-order valence-electron chi connectivity index (χ2n) is 9.55. The fourth-order valence-corrected chi connectivity index (χ4v) is 6.29. The van der Waals surface area contributed by atoms with E-state index in [1.165, 1.54) is 34.0 Å². The molecule has 1 aliphatic carbocycles. The van der Waals surface area contributed by atoms with Crippen molar-refractivity contribution in [3.8, 4) is 0 Å². The summed E-state index contributed by atoms with van der Waals surface area (Å²) in [6.07, 6.45) is 2.54. The van der Waals surface area contributed by atoms with E-state index in [0.717, 1.165) is 38.0 Å². The lowest BCUT2D eigenvalue weighted by Gasteiger charge is -2.45. The Morgan fingerprint density at radius 3 is 2.45 bits per heavy atom. The first-order valence-corrected chi connectivity index (χ1v) is 11.9. The lowest BCUT2D eigenvalue weighted by Crippen LogP contribution is -2.57. The number of benzene rings is 3. The standard InChI is InChI=1S/C27H29FN4O/c28-21-7-9-22(10-8-21)32-18-31(16-13-29)26(33)27(32)11-14-30(15-12-27)24-17-20-5-1-3-19-4-2-6-23(24)25(19)20/h1-10,24H,11-18,29H2/t24-/m1/s1. The molecule has 5 nitrogen and oxygen atoms in total. The van der Waals surface area contributed by atoms with E-state index in [-0.39, 0.29) is 11.7 Å². The molecule has 1 atom stereocenters. The van der Waals surface area contributed by atoms with E-state index in [4.69, 9.17) is 5.73 Å². The van der Waals surface area contributed by atoms with Gasteiger partial charge in [-0.2, -0.15) is 0 Å². The number of anilines is 1. The molecule has 2 fully saturated rings. The molecule has 2 saturated heterocycles. The molecule has 2 N–H and O–H groups in total. The van der Waals surface area contributed by atoms with E-state index in [0.29, 0.717) is 25.8 Å². The van der Waals surface area contributed by atoms with Gasteiger partial charge in [-0.3, -0.25) is 9.69 Å². The largest absolute Gasteiger partial charge is 0.339 e. The maximum absolute atomic E-state index is 13.6. The minimum Gasteiger partial charge on any atom is -0.339 e. The average Bonchev–Trinajstić information content (AvgIpc) is 3.34. The first kappa shape index (κ1) is 20.6. The molecule has 6 rings (SSSR count). The topological polar surface area (TPSA) is 52.8 Å². The molecule has 2 aliphatic heterocycles. The summed E-state index contributed by atoms with van der Waals surface area (Å²) in [5.41, 5.74) is 8.96. The SMILES string of the molecule is NCCN1CN(c2ccc(F)cc2)C2(CCN([C@@H]3Cc4cccc5cccc3c45)CC2)C1=O. The van der Waals surface area contributed by atoms with Crippen LogP contribution >= 0.6 is 0 Å². The average molecular weight is 445 g/mol. The minimum atomic E-state index is -0.582. The molecule has 170 valence electrons. The summed E-state index contributed by atoms with van der Waals surface area (Å²) in [7, 11) is 0. The number of likely N-dealkylation sites (tertiary alicyclic amines) is 1. The zero-order valence-electron chi connectivity index (χ0n) is 18.7. The molecular formula is C27H29FN4O. The van der Waals surface area contributed by atoms with Gasteiger partial charge < -0.3 is 15.5 Å². The second-order valence-corrected chi connectivity index (χ2v) is 9.55. The third kappa shape index (κ3) is 3.15. The third-order valence-electron chi connectivity index (χ3n) is 7.91. The van der Waals surface area contributed by atoms with Crippen LogP contribution in [0.15, 0.2) is 60.7 Å². The summed E-state index contributed by atoms with van der Waals surface area (Å²) in [6.45, 7) is 3.21. The number of carbonyl (C=O) groups is 1. The molecular weight excluding hydrogens is 415 g/mol. The van der Waals surface area contributed by atoms with Crippen molar-refractivity contribution < 1.29 is 9.18 Å². The smallest absolute Gasteiger partial charge is 0.250 e. The predicted octanol–water partition coefficient (Wildman–Crippen LogP) is 3.68. The fourth-order valence-electron chi connectivity index (χ4n) is 6.29. The highest BCUT2D eigenvalue weighted by Gasteiger charge is 2.54. The van der Waals surface area contributed by atoms with Gasteiger partial charge in [0.15, 0.2) is 0 Å². The van der Waals surface area contributed by atoms with Crippen LogP contribution < -0.4 is 10.6 Å². The van der Waals surface area contributed by atoms with Crippen LogP contribution in [0.5, 0.6) is 0 Å². The van der Waals surface area contributed by atoms with Crippen LogP contribution in [0.4, 0.5) is 10.1 Å². The monoisotopic (exact) mass is 444 g/mol. The summed E-state index contributed by atoms with van der Waals surface area (Å²) >= 11 is 0. The van der Waals surface area contributed by atoms with Crippen molar-refractivity contribution in [2.24, 2.45) is 5.73 Å². The van der Waals surface area contributed by atoms with Gasteiger partial charge in [-0.25, -0.2) is 4.39 Å². The maximum atomic E-state index is 13.6. The van der Waals surface area contributed by atoms with Crippen molar-refractivity contribution in [1.82, 2.24) is 9.80 Å². The van der Waals surface area contributed by atoms with Crippen molar-refractivity contribution in [2.45, 2.75) is 30.8 Å². The Balaban J connectivity index is 1.28. The third-order valence-corrected chi connectivity index (χ3v) is 7.91. The van der Waals surface area contributed by atoms with Gasteiger partial charge in [0, 0.05) is 37.9 Å². The van der Waals surface area contributed by atoms with E-state index in [1.54, 1.807) is 12.1 Å². The molecule has 2 heterocycles. The Kier molecular flexibility index (Phi) is 4.89. The summed E-state index contributed by atoms with van der Waals surface area (Å²) in [5.74, 6) is -0.101. The number of hydrogen-bond acceptors (Lipinski definition) is 4. The van der Waals surface area contributed by atoms with Crippen molar-refractivity contribution >= 4 is 22.4 Å². The molecule has 6 heteroatoms. The Morgan fingerprint density at radius 1 is 1.00 bits per heavy atom. The highest BCUT2D eigenvalue weighted by atomic mass is 19.1. The fraction of sp³-hybridized carbons (Fsp3) is 0.370. The number of amides is 1. The number of carbonyl (C=O) groups excluding carboxylic acids is 1. The maximum Gasteiger partial charge on any atom is 0.250 e. The molecule has 0 aromatic heterocycles. The van der Waals surface area contributed by atoms with Crippen LogP contribution in [0, 0.1) is 5.82 Å². The molecule has 0 saturated carbocycles. The molecule has 0 bridgehead atoms. The summed E-state index contributed by atoms with van der Waals surface area (Å²) in [5, 5.41) is 2.72. The van der Waals surface area contributed by atoms with Crippen LogP contribution in [-0.4, -0.2) is 54.1 Å². The Morgan fingerprint density at radius 2 is 1.73 bits per heavy atom. The molecule has 0 radical (unpaired) electrons. The quantitative estimate of drug-likeness (QED) is 0.667. The number of nitrogens with zero attached hydrogens (tertiary/aromatic N) is 3. The van der Waals surface area contributed by atoms with Crippen LogP contribution in [0.1, 0.15) is 30.0 Å². The van der Waals surface area contributed by atoms with Gasteiger partial charge >= 0.3 is 0 Å². The number of nitrogens with two attached hydrogens (primary N) is 1. The van der Waals surface area contributed by atoms with Crippen molar-refractivity contribution in [1.29, 1.82) is 0 Å². The van der Waals surface area contributed by atoms with Gasteiger partial charge in [-0.05, 0) is 65.4 Å².